The molecule has 0 aliphatic heterocycles. The van der Waals surface area contributed by atoms with Crippen molar-refractivity contribution in [2.24, 2.45) is 0 Å². The minimum atomic E-state index is 0.569. The monoisotopic (exact) mass is 100 g/mol. The molecule has 4 heteroatoms. The Bertz CT molecular complexity index is 125. The molecular weight excluding hydrogens is 94.1 g/mol. The first kappa shape index (κ1) is 4.26. The van der Waals surface area contributed by atoms with E-state index in [0.717, 1.165) is 0 Å². The molecule has 38 valence electrons. The van der Waals surface area contributed by atoms with Gasteiger partial charge in [0.15, 0.2) is 6.54 Å². The lowest BCUT2D eigenvalue weighted by Gasteiger charge is -1.72. The quantitative estimate of drug-likeness (QED) is 0.482. The highest BCUT2D eigenvalue weighted by atomic mass is 16.4. The van der Waals surface area contributed by atoms with E-state index in [1.807, 2.05) is 0 Å². The van der Waals surface area contributed by atoms with Crippen molar-refractivity contribution in [3.63, 3.8) is 0 Å². The third kappa shape index (κ3) is 0.747. The molecule has 1 heterocycles. The average Bonchev–Trinajstić information content (AvgIpc) is 2.14. The SMILES string of the molecule is [NH3+]Cc1nnco1. The number of hydrogen-bond acceptors (Lipinski definition) is 3. The van der Waals surface area contributed by atoms with Crippen LogP contribution < -0.4 is 5.73 Å². The number of rotatable bonds is 1. The van der Waals surface area contributed by atoms with Gasteiger partial charge in [-0.1, -0.05) is 0 Å². The number of aromatic nitrogens is 2. The maximum atomic E-state index is 4.70. The fourth-order valence-electron chi connectivity index (χ4n) is 0.305. The van der Waals surface area contributed by atoms with Crippen LogP contribution in [0.4, 0.5) is 0 Å². The van der Waals surface area contributed by atoms with Crippen LogP contribution in [-0.4, -0.2) is 10.2 Å². The minimum Gasteiger partial charge on any atom is -0.423 e. The smallest absolute Gasteiger partial charge is 0.270 e. The Hall–Kier alpha value is -0.900. The molecule has 0 amide bonds. The summed E-state index contributed by atoms with van der Waals surface area (Å²) in [5.41, 5.74) is 3.53. The molecule has 0 aliphatic rings. The van der Waals surface area contributed by atoms with Crippen LogP contribution in [-0.2, 0) is 6.54 Å². The van der Waals surface area contributed by atoms with Crippen LogP contribution in [0.3, 0.4) is 0 Å². The largest absolute Gasteiger partial charge is 0.423 e. The van der Waals surface area contributed by atoms with Gasteiger partial charge in [-0.25, -0.2) is 0 Å². The van der Waals surface area contributed by atoms with Crippen molar-refractivity contribution < 1.29 is 10.2 Å². The first-order valence-electron chi connectivity index (χ1n) is 1.98. The molecule has 0 bridgehead atoms. The van der Waals surface area contributed by atoms with E-state index >= 15 is 0 Å². The standard InChI is InChI=1S/C3H5N3O/c4-1-3-6-5-2-7-3/h2H,1,4H2/p+1. The van der Waals surface area contributed by atoms with E-state index in [4.69, 9.17) is 4.42 Å². The van der Waals surface area contributed by atoms with Crippen molar-refractivity contribution in [2.75, 3.05) is 0 Å². The summed E-state index contributed by atoms with van der Waals surface area (Å²) in [6.07, 6.45) is 1.29. The Balaban J connectivity index is 2.76. The van der Waals surface area contributed by atoms with E-state index in [-0.39, 0.29) is 0 Å². The molecule has 0 saturated carbocycles. The van der Waals surface area contributed by atoms with Gasteiger partial charge in [-0.3, -0.25) is 0 Å². The van der Waals surface area contributed by atoms with Crippen molar-refractivity contribution in [1.82, 2.24) is 10.2 Å². The third-order valence-corrected chi connectivity index (χ3v) is 0.619. The first-order valence-corrected chi connectivity index (χ1v) is 1.98. The van der Waals surface area contributed by atoms with Crippen LogP contribution in [0.5, 0.6) is 0 Å². The van der Waals surface area contributed by atoms with E-state index in [9.17, 15) is 0 Å². The van der Waals surface area contributed by atoms with Gasteiger partial charge in [0.05, 0.1) is 0 Å². The zero-order valence-corrected chi connectivity index (χ0v) is 3.79. The van der Waals surface area contributed by atoms with Gasteiger partial charge in [-0.2, -0.15) is 0 Å². The summed E-state index contributed by atoms with van der Waals surface area (Å²) in [5.74, 6) is 0.583. The summed E-state index contributed by atoms with van der Waals surface area (Å²) in [6.45, 7) is 0.569. The minimum absolute atomic E-state index is 0.569. The topological polar surface area (TPSA) is 66.6 Å². The lowest BCUT2D eigenvalue weighted by Crippen LogP contribution is -2.47. The fourth-order valence-corrected chi connectivity index (χ4v) is 0.305. The summed E-state index contributed by atoms with van der Waals surface area (Å²) in [7, 11) is 0. The molecule has 0 saturated heterocycles. The lowest BCUT2D eigenvalue weighted by molar-refractivity contribution is -0.391. The zero-order valence-electron chi connectivity index (χ0n) is 3.79. The van der Waals surface area contributed by atoms with E-state index in [1.54, 1.807) is 0 Å². The Morgan fingerprint density at radius 1 is 1.86 bits per heavy atom. The summed E-state index contributed by atoms with van der Waals surface area (Å²) in [6, 6.07) is 0. The molecule has 0 aliphatic carbocycles. The Morgan fingerprint density at radius 3 is 3.00 bits per heavy atom. The molecule has 3 N–H and O–H groups in total. The van der Waals surface area contributed by atoms with Crippen molar-refractivity contribution >= 4 is 0 Å². The van der Waals surface area contributed by atoms with Crippen LogP contribution in [0.2, 0.25) is 0 Å². The Kier molecular flexibility index (Phi) is 1.04. The maximum Gasteiger partial charge on any atom is 0.270 e. The average molecular weight is 100 g/mol. The third-order valence-electron chi connectivity index (χ3n) is 0.619. The van der Waals surface area contributed by atoms with Crippen LogP contribution >= 0.6 is 0 Å². The van der Waals surface area contributed by atoms with Gasteiger partial charge in [0.2, 0.25) is 6.39 Å². The molecule has 1 aromatic rings. The molecule has 0 fully saturated rings. The summed E-state index contributed by atoms with van der Waals surface area (Å²) in [4.78, 5) is 0. The normalized spacial score (nSPS) is 9.29. The zero-order chi connectivity index (χ0) is 5.11. The van der Waals surface area contributed by atoms with Crippen molar-refractivity contribution in [2.45, 2.75) is 6.54 Å². The Morgan fingerprint density at radius 2 is 2.71 bits per heavy atom. The number of quaternary nitrogens is 1. The van der Waals surface area contributed by atoms with E-state index < -0.39 is 0 Å². The summed E-state index contributed by atoms with van der Waals surface area (Å²) >= 11 is 0. The molecular formula is C3H6N3O+. The van der Waals surface area contributed by atoms with Crippen LogP contribution in [0.25, 0.3) is 0 Å². The van der Waals surface area contributed by atoms with E-state index in [0.29, 0.717) is 12.4 Å². The molecule has 1 aromatic heterocycles. The van der Waals surface area contributed by atoms with Gasteiger partial charge in [-0.15, -0.1) is 10.2 Å². The first-order chi connectivity index (χ1) is 3.43. The molecule has 0 aromatic carbocycles. The van der Waals surface area contributed by atoms with Gasteiger partial charge < -0.3 is 10.2 Å². The molecule has 0 unspecified atom stereocenters. The Labute approximate surface area is 40.3 Å². The van der Waals surface area contributed by atoms with Crippen LogP contribution in [0, 0.1) is 0 Å². The van der Waals surface area contributed by atoms with Crippen LogP contribution in [0.15, 0.2) is 10.8 Å². The maximum absolute atomic E-state index is 4.70. The van der Waals surface area contributed by atoms with Crippen molar-refractivity contribution in [3.8, 4) is 0 Å². The molecule has 0 spiro atoms. The molecule has 7 heavy (non-hydrogen) atoms. The summed E-state index contributed by atoms with van der Waals surface area (Å²) < 4.78 is 4.70. The van der Waals surface area contributed by atoms with Gasteiger partial charge >= 0.3 is 0 Å². The molecule has 4 nitrogen and oxygen atoms in total. The predicted molar refractivity (Wildman–Crippen MR) is 20.9 cm³/mol. The highest BCUT2D eigenvalue weighted by molar-refractivity contribution is 4.63. The van der Waals surface area contributed by atoms with Gasteiger partial charge in [0.25, 0.3) is 5.89 Å². The number of hydrogen-bond donors (Lipinski definition) is 1. The molecule has 0 atom stereocenters. The fraction of sp³-hybridized carbons (Fsp3) is 0.333. The second-order valence-corrected chi connectivity index (χ2v) is 1.08. The van der Waals surface area contributed by atoms with Gasteiger partial charge in [-0.05, 0) is 0 Å². The van der Waals surface area contributed by atoms with Gasteiger partial charge in [0.1, 0.15) is 0 Å². The van der Waals surface area contributed by atoms with Crippen LogP contribution in [0.1, 0.15) is 5.89 Å². The predicted octanol–water partition coefficient (Wildman–Crippen LogP) is -1.19. The van der Waals surface area contributed by atoms with Gasteiger partial charge in [0, 0.05) is 0 Å². The highest BCUT2D eigenvalue weighted by Gasteiger charge is 1.91. The van der Waals surface area contributed by atoms with Crippen molar-refractivity contribution in [3.05, 3.63) is 12.3 Å². The molecule has 0 radical (unpaired) electrons. The summed E-state index contributed by atoms with van der Waals surface area (Å²) in [5, 5.41) is 6.99. The lowest BCUT2D eigenvalue weighted by atomic mass is 10.7. The van der Waals surface area contributed by atoms with Crippen molar-refractivity contribution in [1.29, 1.82) is 0 Å². The second-order valence-electron chi connectivity index (χ2n) is 1.08. The highest BCUT2D eigenvalue weighted by Crippen LogP contribution is 1.83. The second kappa shape index (κ2) is 1.70. The number of nitrogens with zero attached hydrogens (tertiary/aromatic N) is 2. The van der Waals surface area contributed by atoms with E-state index in [2.05, 4.69) is 15.9 Å². The van der Waals surface area contributed by atoms with E-state index in [1.165, 1.54) is 6.39 Å². The molecule has 1 rings (SSSR count).